The molecule has 0 saturated carbocycles. The summed E-state index contributed by atoms with van der Waals surface area (Å²) in [5.74, 6) is 1.96. The maximum absolute atomic E-state index is 11.0. The second-order valence-electron chi connectivity index (χ2n) is 5.12. The predicted octanol–water partition coefficient (Wildman–Crippen LogP) is 2.50. The van der Waals surface area contributed by atoms with E-state index in [1.807, 2.05) is 6.07 Å². The Morgan fingerprint density at radius 3 is 3.00 bits per heavy atom. The molecule has 0 spiro atoms. The van der Waals surface area contributed by atoms with E-state index >= 15 is 0 Å². The van der Waals surface area contributed by atoms with E-state index in [0.717, 1.165) is 18.7 Å². The van der Waals surface area contributed by atoms with Crippen molar-refractivity contribution in [1.82, 2.24) is 5.32 Å². The molecule has 1 aliphatic carbocycles. The summed E-state index contributed by atoms with van der Waals surface area (Å²) in [5, 5.41) is 2.91. The summed E-state index contributed by atoms with van der Waals surface area (Å²) in [6, 6.07) is 6.34. The van der Waals surface area contributed by atoms with Gasteiger partial charge in [0.2, 0.25) is 5.91 Å². The lowest BCUT2D eigenvalue weighted by Gasteiger charge is -2.20. The van der Waals surface area contributed by atoms with Crippen LogP contribution in [-0.2, 0) is 11.2 Å². The number of methoxy groups -OCH3 is 1. The Labute approximate surface area is 109 Å². The Hall–Kier alpha value is -1.51. The Morgan fingerprint density at radius 2 is 2.33 bits per heavy atom. The molecule has 0 heterocycles. The van der Waals surface area contributed by atoms with E-state index in [1.165, 1.54) is 17.5 Å². The molecule has 1 aromatic rings. The van der Waals surface area contributed by atoms with Gasteiger partial charge in [0.1, 0.15) is 5.75 Å². The molecule has 2 atom stereocenters. The summed E-state index contributed by atoms with van der Waals surface area (Å²) >= 11 is 0. The van der Waals surface area contributed by atoms with Gasteiger partial charge in [-0.25, -0.2) is 0 Å². The molecule has 0 aliphatic heterocycles. The van der Waals surface area contributed by atoms with Gasteiger partial charge < -0.3 is 10.1 Å². The van der Waals surface area contributed by atoms with Gasteiger partial charge in [-0.15, -0.1) is 0 Å². The van der Waals surface area contributed by atoms with Crippen molar-refractivity contribution in [2.75, 3.05) is 13.7 Å². The minimum Gasteiger partial charge on any atom is -0.497 e. The average molecular weight is 247 g/mol. The highest BCUT2D eigenvalue weighted by atomic mass is 16.5. The van der Waals surface area contributed by atoms with E-state index in [4.69, 9.17) is 4.74 Å². The molecule has 3 nitrogen and oxygen atoms in total. The highest BCUT2D eigenvalue weighted by molar-refractivity contribution is 5.72. The third-order valence-electron chi connectivity index (χ3n) is 3.84. The van der Waals surface area contributed by atoms with Crippen molar-refractivity contribution < 1.29 is 9.53 Å². The van der Waals surface area contributed by atoms with E-state index < -0.39 is 0 Å². The van der Waals surface area contributed by atoms with Crippen molar-refractivity contribution in [2.24, 2.45) is 5.92 Å². The molecule has 18 heavy (non-hydrogen) atoms. The third-order valence-corrected chi connectivity index (χ3v) is 3.84. The molecule has 0 radical (unpaired) electrons. The van der Waals surface area contributed by atoms with Crippen LogP contribution in [0.15, 0.2) is 18.2 Å². The van der Waals surface area contributed by atoms with Crippen LogP contribution in [0, 0.1) is 5.92 Å². The molecular weight excluding hydrogens is 226 g/mol. The van der Waals surface area contributed by atoms with Gasteiger partial charge in [0.25, 0.3) is 0 Å². The minimum absolute atomic E-state index is 0.0470. The highest BCUT2D eigenvalue weighted by Gasteiger charge is 2.27. The molecule has 1 aliphatic rings. The lowest BCUT2D eigenvalue weighted by molar-refractivity contribution is -0.119. The second-order valence-corrected chi connectivity index (χ2v) is 5.12. The third kappa shape index (κ3) is 2.66. The summed E-state index contributed by atoms with van der Waals surface area (Å²) in [5.41, 5.74) is 2.82. The standard InChI is InChI=1S/C15H21NO2/c1-10(9-16-11(2)17)14-7-5-12-4-6-13(18-3)8-15(12)14/h4,6,8,10,14H,5,7,9H2,1-3H3,(H,16,17)/t10-,14-/m1/s1. The van der Waals surface area contributed by atoms with E-state index in [2.05, 4.69) is 24.4 Å². The second kappa shape index (κ2) is 5.42. The van der Waals surface area contributed by atoms with Crippen LogP contribution in [-0.4, -0.2) is 19.6 Å². The van der Waals surface area contributed by atoms with Crippen molar-refractivity contribution in [3.63, 3.8) is 0 Å². The summed E-state index contributed by atoms with van der Waals surface area (Å²) < 4.78 is 5.30. The number of amides is 1. The molecule has 1 N–H and O–H groups in total. The molecule has 2 rings (SSSR count). The van der Waals surface area contributed by atoms with Crippen molar-refractivity contribution in [3.05, 3.63) is 29.3 Å². The van der Waals surface area contributed by atoms with E-state index in [1.54, 1.807) is 14.0 Å². The average Bonchev–Trinajstić information content (AvgIpc) is 2.78. The number of benzene rings is 1. The van der Waals surface area contributed by atoms with Crippen LogP contribution < -0.4 is 10.1 Å². The van der Waals surface area contributed by atoms with Crippen LogP contribution in [0.25, 0.3) is 0 Å². The van der Waals surface area contributed by atoms with Gasteiger partial charge in [0.05, 0.1) is 7.11 Å². The predicted molar refractivity (Wildman–Crippen MR) is 71.9 cm³/mol. The molecule has 0 bridgehead atoms. The van der Waals surface area contributed by atoms with Crippen LogP contribution >= 0.6 is 0 Å². The first-order valence-corrected chi connectivity index (χ1v) is 6.53. The molecule has 98 valence electrons. The number of aryl methyl sites for hydroxylation is 1. The van der Waals surface area contributed by atoms with Crippen LogP contribution in [0.1, 0.15) is 37.3 Å². The van der Waals surface area contributed by atoms with E-state index in [0.29, 0.717) is 11.8 Å². The summed E-state index contributed by atoms with van der Waals surface area (Å²) in [6.45, 7) is 4.52. The molecule has 1 aromatic carbocycles. The first kappa shape index (κ1) is 12.9. The van der Waals surface area contributed by atoms with Crippen molar-refractivity contribution in [1.29, 1.82) is 0 Å². The first-order chi connectivity index (χ1) is 8.61. The first-order valence-electron chi connectivity index (χ1n) is 6.53. The zero-order valence-corrected chi connectivity index (χ0v) is 11.3. The normalized spacial score (nSPS) is 19.2. The van der Waals surface area contributed by atoms with Gasteiger partial charge in [0.15, 0.2) is 0 Å². The number of hydrogen-bond donors (Lipinski definition) is 1. The molecule has 0 unspecified atom stereocenters. The van der Waals surface area contributed by atoms with Gasteiger partial charge in [0, 0.05) is 13.5 Å². The Balaban J connectivity index is 2.12. The maximum atomic E-state index is 11.0. The topological polar surface area (TPSA) is 38.3 Å². The summed E-state index contributed by atoms with van der Waals surface area (Å²) in [4.78, 5) is 11.0. The quantitative estimate of drug-likeness (QED) is 0.887. The van der Waals surface area contributed by atoms with Gasteiger partial charge in [-0.3, -0.25) is 4.79 Å². The largest absolute Gasteiger partial charge is 0.497 e. The summed E-state index contributed by atoms with van der Waals surface area (Å²) in [7, 11) is 1.70. The van der Waals surface area contributed by atoms with E-state index in [-0.39, 0.29) is 5.91 Å². The van der Waals surface area contributed by atoms with Crippen LogP contribution in [0.2, 0.25) is 0 Å². The number of ether oxygens (including phenoxy) is 1. The molecule has 3 heteroatoms. The molecular formula is C15H21NO2. The molecule has 0 fully saturated rings. The number of carbonyl (C=O) groups excluding carboxylic acids is 1. The smallest absolute Gasteiger partial charge is 0.216 e. The SMILES string of the molecule is COc1ccc2c(c1)[C@@H]([C@H](C)CNC(C)=O)CC2. The Bertz CT molecular complexity index is 442. The molecule has 0 saturated heterocycles. The Kier molecular flexibility index (Phi) is 3.90. The fourth-order valence-electron chi connectivity index (χ4n) is 2.78. The van der Waals surface area contributed by atoms with Crippen LogP contribution in [0.3, 0.4) is 0 Å². The van der Waals surface area contributed by atoms with Crippen LogP contribution in [0.4, 0.5) is 0 Å². The fraction of sp³-hybridized carbons (Fsp3) is 0.533. The number of fused-ring (bicyclic) bond motifs is 1. The summed E-state index contributed by atoms with van der Waals surface area (Å²) in [6.07, 6.45) is 2.30. The number of rotatable bonds is 4. The number of hydrogen-bond acceptors (Lipinski definition) is 2. The fourth-order valence-corrected chi connectivity index (χ4v) is 2.78. The van der Waals surface area contributed by atoms with Crippen molar-refractivity contribution >= 4 is 5.91 Å². The zero-order chi connectivity index (χ0) is 13.1. The van der Waals surface area contributed by atoms with E-state index in [9.17, 15) is 4.79 Å². The van der Waals surface area contributed by atoms with Gasteiger partial charge >= 0.3 is 0 Å². The van der Waals surface area contributed by atoms with Gasteiger partial charge in [-0.1, -0.05) is 13.0 Å². The van der Waals surface area contributed by atoms with Crippen molar-refractivity contribution in [2.45, 2.75) is 32.6 Å². The maximum Gasteiger partial charge on any atom is 0.216 e. The highest BCUT2D eigenvalue weighted by Crippen LogP contribution is 2.39. The van der Waals surface area contributed by atoms with Crippen LogP contribution in [0.5, 0.6) is 5.75 Å². The lowest BCUT2D eigenvalue weighted by Crippen LogP contribution is -2.28. The van der Waals surface area contributed by atoms with Crippen molar-refractivity contribution in [3.8, 4) is 5.75 Å². The lowest BCUT2D eigenvalue weighted by atomic mass is 9.88. The minimum atomic E-state index is 0.0470. The van der Waals surface area contributed by atoms with Gasteiger partial charge in [-0.2, -0.15) is 0 Å². The Morgan fingerprint density at radius 1 is 1.56 bits per heavy atom. The number of nitrogens with one attached hydrogen (secondary N) is 1. The zero-order valence-electron chi connectivity index (χ0n) is 11.3. The molecule has 0 aromatic heterocycles. The molecule has 1 amide bonds. The monoisotopic (exact) mass is 247 g/mol. The van der Waals surface area contributed by atoms with Gasteiger partial charge in [-0.05, 0) is 47.9 Å². The number of carbonyl (C=O) groups is 1.